The molecule has 2 aliphatic rings. The summed E-state index contributed by atoms with van der Waals surface area (Å²) in [7, 11) is 0. The third-order valence-electron chi connectivity index (χ3n) is 6.55. The molecule has 0 bridgehead atoms. The van der Waals surface area contributed by atoms with Gasteiger partial charge in [-0.2, -0.15) is 0 Å². The van der Waals surface area contributed by atoms with Gasteiger partial charge in [0.15, 0.2) is 11.2 Å². The molecule has 0 saturated carbocycles. The maximum Gasteiger partial charge on any atom is 0.289 e. The van der Waals surface area contributed by atoms with Gasteiger partial charge in [-0.25, -0.2) is 4.39 Å². The molecule has 2 fully saturated rings. The fourth-order valence-electron chi connectivity index (χ4n) is 4.84. The molecule has 3 heterocycles. The van der Waals surface area contributed by atoms with Gasteiger partial charge in [-0.05, 0) is 37.1 Å². The van der Waals surface area contributed by atoms with Gasteiger partial charge in [-0.1, -0.05) is 24.3 Å². The number of hydrogen-bond donors (Lipinski definition) is 0. The van der Waals surface area contributed by atoms with Gasteiger partial charge in [0, 0.05) is 51.4 Å². The summed E-state index contributed by atoms with van der Waals surface area (Å²) in [4.78, 5) is 31.8. The molecule has 1 atom stereocenters. The fraction of sp³-hybridized carbons (Fsp3) is 0.360. The number of likely N-dealkylation sites (tertiary alicyclic amines) is 1. The van der Waals surface area contributed by atoms with Gasteiger partial charge in [0.05, 0.1) is 11.1 Å². The minimum absolute atomic E-state index is 0.0960. The van der Waals surface area contributed by atoms with Crippen LogP contribution in [0.5, 0.6) is 0 Å². The van der Waals surface area contributed by atoms with Crippen LogP contribution >= 0.6 is 0 Å². The van der Waals surface area contributed by atoms with E-state index in [-0.39, 0.29) is 29.0 Å². The molecule has 166 valence electrons. The Morgan fingerprint density at radius 3 is 2.53 bits per heavy atom. The Morgan fingerprint density at radius 2 is 1.72 bits per heavy atom. The minimum atomic E-state index is -0.234. The number of fused-ring (bicyclic) bond motifs is 1. The van der Waals surface area contributed by atoms with Crippen LogP contribution in [0.25, 0.3) is 11.0 Å². The van der Waals surface area contributed by atoms with Gasteiger partial charge in [0.2, 0.25) is 0 Å². The summed E-state index contributed by atoms with van der Waals surface area (Å²) in [5.74, 6) is -0.325. The van der Waals surface area contributed by atoms with Crippen molar-refractivity contribution in [3.8, 4) is 0 Å². The first-order chi connectivity index (χ1) is 15.6. The second-order valence-electron chi connectivity index (χ2n) is 8.49. The van der Waals surface area contributed by atoms with Crippen molar-refractivity contribution in [2.75, 3.05) is 44.2 Å². The topological polar surface area (TPSA) is 57.0 Å². The van der Waals surface area contributed by atoms with Gasteiger partial charge in [0.25, 0.3) is 5.91 Å². The van der Waals surface area contributed by atoms with Gasteiger partial charge >= 0.3 is 0 Å². The van der Waals surface area contributed by atoms with Crippen LogP contribution in [0.3, 0.4) is 0 Å². The zero-order chi connectivity index (χ0) is 22.1. The smallest absolute Gasteiger partial charge is 0.289 e. The molecule has 0 N–H and O–H groups in total. The fourth-order valence-corrected chi connectivity index (χ4v) is 4.84. The van der Waals surface area contributed by atoms with Crippen molar-refractivity contribution < 1.29 is 13.6 Å². The van der Waals surface area contributed by atoms with Crippen molar-refractivity contribution >= 4 is 22.6 Å². The number of piperazine rings is 1. The molecule has 5 rings (SSSR count). The van der Waals surface area contributed by atoms with Crippen LogP contribution in [0.1, 0.15) is 23.4 Å². The highest BCUT2D eigenvalue weighted by molar-refractivity contribution is 5.93. The highest BCUT2D eigenvalue weighted by Gasteiger charge is 2.31. The van der Waals surface area contributed by atoms with Crippen molar-refractivity contribution in [2.24, 2.45) is 0 Å². The van der Waals surface area contributed by atoms with E-state index in [0.29, 0.717) is 29.7 Å². The summed E-state index contributed by atoms with van der Waals surface area (Å²) in [6.45, 7) is 4.42. The van der Waals surface area contributed by atoms with Crippen LogP contribution in [0, 0.1) is 5.82 Å². The Balaban J connectivity index is 1.26. The van der Waals surface area contributed by atoms with E-state index in [1.165, 1.54) is 12.1 Å². The van der Waals surface area contributed by atoms with Crippen LogP contribution in [0.15, 0.2) is 63.8 Å². The van der Waals surface area contributed by atoms with Crippen molar-refractivity contribution in [2.45, 2.75) is 18.9 Å². The molecule has 3 aromatic rings. The van der Waals surface area contributed by atoms with Crippen molar-refractivity contribution in [3.05, 3.63) is 76.4 Å². The molecule has 0 unspecified atom stereocenters. The molecule has 0 radical (unpaired) electrons. The van der Waals surface area contributed by atoms with E-state index in [1.54, 1.807) is 35.2 Å². The lowest BCUT2D eigenvalue weighted by Gasteiger charge is -2.43. The van der Waals surface area contributed by atoms with E-state index < -0.39 is 0 Å². The normalized spacial score (nSPS) is 20.0. The number of carbonyl (C=O) groups is 1. The summed E-state index contributed by atoms with van der Waals surface area (Å²) in [5.41, 5.74) is 0.883. The molecule has 1 amide bonds. The van der Waals surface area contributed by atoms with Crippen LogP contribution < -0.4 is 10.3 Å². The quantitative estimate of drug-likeness (QED) is 0.632. The van der Waals surface area contributed by atoms with E-state index in [9.17, 15) is 14.0 Å². The first-order valence-corrected chi connectivity index (χ1v) is 11.2. The first kappa shape index (κ1) is 20.7. The molecule has 0 spiro atoms. The highest BCUT2D eigenvalue weighted by atomic mass is 19.1. The summed E-state index contributed by atoms with van der Waals surface area (Å²) < 4.78 is 19.9. The Bertz CT molecular complexity index is 1190. The van der Waals surface area contributed by atoms with Gasteiger partial charge in [-0.15, -0.1) is 0 Å². The summed E-state index contributed by atoms with van der Waals surface area (Å²) in [5, 5.41) is 0.480. The van der Waals surface area contributed by atoms with E-state index in [2.05, 4.69) is 9.80 Å². The van der Waals surface area contributed by atoms with E-state index in [1.807, 2.05) is 12.1 Å². The predicted molar refractivity (Wildman–Crippen MR) is 122 cm³/mol. The second-order valence-corrected chi connectivity index (χ2v) is 8.49. The van der Waals surface area contributed by atoms with Crippen molar-refractivity contribution in [3.63, 3.8) is 0 Å². The molecule has 0 aliphatic carbocycles. The molecule has 2 aromatic carbocycles. The van der Waals surface area contributed by atoms with Crippen LogP contribution in [-0.4, -0.2) is 61.0 Å². The van der Waals surface area contributed by atoms with Crippen LogP contribution in [0.2, 0.25) is 0 Å². The van der Waals surface area contributed by atoms with Crippen LogP contribution in [-0.2, 0) is 0 Å². The lowest BCUT2D eigenvalue weighted by Crippen LogP contribution is -2.56. The van der Waals surface area contributed by atoms with Crippen LogP contribution in [0.4, 0.5) is 10.1 Å². The lowest BCUT2D eigenvalue weighted by molar-refractivity contribution is 0.0536. The Morgan fingerprint density at radius 1 is 0.969 bits per heavy atom. The molecule has 7 heteroatoms. The molecular formula is C25H26FN3O3. The summed E-state index contributed by atoms with van der Waals surface area (Å²) >= 11 is 0. The SMILES string of the molecule is O=C(c1cc(=O)c2ccccc2o1)N1CCC[C@@H](N2CCN(c3ccccc3F)CC2)C1. The Hall–Kier alpha value is -3.19. The summed E-state index contributed by atoms with van der Waals surface area (Å²) in [6.07, 6.45) is 1.92. The molecule has 2 aliphatic heterocycles. The number of para-hydroxylation sites is 2. The third-order valence-corrected chi connectivity index (χ3v) is 6.55. The third kappa shape index (κ3) is 4.00. The molecule has 6 nitrogen and oxygen atoms in total. The average molecular weight is 435 g/mol. The zero-order valence-corrected chi connectivity index (χ0v) is 17.9. The lowest BCUT2D eigenvalue weighted by atomic mass is 10.0. The molecule has 32 heavy (non-hydrogen) atoms. The number of carbonyl (C=O) groups excluding carboxylic acids is 1. The predicted octanol–water partition coefficient (Wildman–Crippen LogP) is 3.36. The maximum absolute atomic E-state index is 14.1. The summed E-state index contributed by atoms with van der Waals surface area (Å²) in [6, 6.07) is 15.4. The van der Waals surface area contributed by atoms with E-state index in [4.69, 9.17) is 4.42 Å². The van der Waals surface area contributed by atoms with Gasteiger partial charge in [0.1, 0.15) is 11.4 Å². The number of halogens is 1. The van der Waals surface area contributed by atoms with Gasteiger partial charge < -0.3 is 14.2 Å². The van der Waals surface area contributed by atoms with Crippen molar-refractivity contribution in [1.29, 1.82) is 0 Å². The van der Waals surface area contributed by atoms with E-state index in [0.717, 1.165) is 39.0 Å². The molecule has 1 aromatic heterocycles. The second kappa shape index (κ2) is 8.74. The number of rotatable bonds is 3. The Labute approximate surface area is 185 Å². The average Bonchev–Trinajstić information content (AvgIpc) is 2.84. The standard InChI is InChI=1S/C25H26FN3O3/c26-20-8-2-3-9-21(20)28-14-12-27(13-15-28)18-6-5-11-29(17-18)25(31)24-16-22(30)19-7-1-4-10-23(19)32-24/h1-4,7-10,16,18H,5-6,11-15,17H2/t18-/m1/s1. The minimum Gasteiger partial charge on any atom is -0.451 e. The number of benzene rings is 2. The zero-order valence-electron chi connectivity index (χ0n) is 17.9. The number of amides is 1. The number of anilines is 1. The Kier molecular flexibility index (Phi) is 5.66. The number of piperidine rings is 1. The largest absolute Gasteiger partial charge is 0.451 e. The molecular weight excluding hydrogens is 409 g/mol. The molecule has 2 saturated heterocycles. The number of nitrogens with zero attached hydrogens (tertiary/aromatic N) is 3. The van der Waals surface area contributed by atoms with Crippen molar-refractivity contribution in [1.82, 2.24) is 9.80 Å². The number of hydrogen-bond acceptors (Lipinski definition) is 5. The van der Waals surface area contributed by atoms with E-state index >= 15 is 0 Å². The maximum atomic E-state index is 14.1. The monoisotopic (exact) mass is 435 g/mol. The highest BCUT2D eigenvalue weighted by Crippen LogP contribution is 2.24. The van der Waals surface area contributed by atoms with Gasteiger partial charge in [-0.3, -0.25) is 14.5 Å². The first-order valence-electron chi connectivity index (χ1n) is 11.2.